The molecule has 0 spiro atoms. The molecule has 1 rings (SSSR count). The molecular weight excluding hydrogens is 177 g/mol. The van der Waals surface area contributed by atoms with Crippen molar-refractivity contribution in [3.63, 3.8) is 0 Å². The summed E-state index contributed by atoms with van der Waals surface area (Å²) in [5, 5.41) is 0. The number of aryl methyl sites for hydroxylation is 1. The normalized spacial score (nSPS) is 12.4. The van der Waals surface area contributed by atoms with Crippen LogP contribution in [0.2, 0.25) is 0 Å². The first-order chi connectivity index (χ1) is 6.38. The van der Waals surface area contributed by atoms with Crippen molar-refractivity contribution in [2.24, 2.45) is 4.99 Å². The van der Waals surface area contributed by atoms with E-state index >= 15 is 0 Å². The number of nitrogens with zero attached hydrogens (tertiary/aromatic N) is 1. The zero-order valence-corrected chi connectivity index (χ0v) is 9.13. The van der Waals surface area contributed by atoms with Gasteiger partial charge in [-0.3, -0.25) is 4.99 Å². The molecule has 14 heavy (non-hydrogen) atoms. The van der Waals surface area contributed by atoms with E-state index in [2.05, 4.69) is 4.99 Å². The maximum Gasteiger partial charge on any atom is 0.123 e. The Morgan fingerprint density at radius 2 is 1.93 bits per heavy atom. The van der Waals surface area contributed by atoms with Gasteiger partial charge >= 0.3 is 0 Å². The maximum absolute atomic E-state index is 12.8. The smallest absolute Gasteiger partial charge is 0.123 e. The Bertz CT molecular complexity index is 348. The van der Waals surface area contributed by atoms with E-state index in [1.165, 1.54) is 12.1 Å². The molecule has 1 nitrogen and oxygen atoms in total. The molecule has 76 valence electrons. The molecule has 0 aliphatic carbocycles. The van der Waals surface area contributed by atoms with Gasteiger partial charge in [0.1, 0.15) is 5.82 Å². The Morgan fingerprint density at radius 1 is 1.29 bits per heavy atom. The van der Waals surface area contributed by atoms with Crippen molar-refractivity contribution in [2.45, 2.75) is 33.2 Å². The van der Waals surface area contributed by atoms with E-state index < -0.39 is 0 Å². The van der Waals surface area contributed by atoms with Crippen molar-refractivity contribution in [1.29, 1.82) is 0 Å². The standard InChI is InChI=1S/C12H16FN/c1-9-7-11(13)6-5-10(9)8-14-12(2,3)4/h5-8H,1-4H3. The van der Waals surface area contributed by atoms with E-state index in [0.29, 0.717) is 0 Å². The predicted octanol–water partition coefficient (Wildman–Crippen LogP) is 3.35. The predicted molar refractivity (Wildman–Crippen MR) is 58.5 cm³/mol. The van der Waals surface area contributed by atoms with Crippen LogP contribution in [0.25, 0.3) is 0 Å². The topological polar surface area (TPSA) is 12.4 Å². The Morgan fingerprint density at radius 3 is 2.43 bits per heavy atom. The van der Waals surface area contributed by atoms with Gasteiger partial charge in [-0.15, -0.1) is 0 Å². The van der Waals surface area contributed by atoms with Gasteiger partial charge in [-0.25, -0.2) is 4.39 Å². The molecule has 0 aliphatic heterocycles. The highest BCUT2D eigenvalue weighted by molar-refractivity contribution is 5.81. The lowest BCUT2D eigenvalue weighted by Gasteiger charge is -2.11. The van der Waals surface area contributed by atoms with Crippen LogP contribution in [-0.2, 0) is 0 Å². The highest BCUT2D eigenvalue weighted by Gasteiger charge is 2.05. The summed E-state index contributed by atoms with van der Waals surface area (Å²) >= 11 is 0. The minimum Gasteiger partial charge on any atom is -0.287 e. The summed E-state index contributed by atoms with van der Waals surface area (Å²) in [6, 6.07) is 4.72. The largest absolute Gasteiger partial charge is 0.287 e. The molecule has 0 bridgehead atoms. The fourth-order valence-corrected chi connectivity index (χ4v) is 1.05. The lowest BCUT2D eigenvalue weighted by Crippen LogP contribution is -2.09. The van der Waals surface area contributed by atoms with Crippen LogP contribution >= 0.6 is 0 Å². The minimum atomic E-state index is -0.199. The monoisotopic (exact) mass is 193 g/mol. The third-order valence-electron chi connectivity index (χ3n) is 1.82. The van der Waals surface area contributed by atoms with E-state index in [1.807, 2.05) is 27.7 Å². The first kappa shape index (κ1) is 10.9. The quantitative estimate of drug-likeness (QED) is 0.606. The van der Waals surface area contributed by atoms with E-state index in [9.17, 15) is 4.39 Å². The second-order valence-corrected chi connectivity index (χ2v) is 4.43. The van der Waals surface area contributed by atoms with Gasteiger partial charge in [0.15, 0.2) is 0 Å². The van der Waals surface area contributed by atoms with E-state index in [0.717, 1.165) is 11.1 Å². The van der Waals surface area contributed by atoms with Gasteiger partial charge in [-0.05, 0) is 51.0 Å². The van der Waals surface area contributed by atoms with Gasteiger partial charge < -0.3 is 0 Å². The Labute approximate surface area is 84.7 Å². The SMILES string of the molecule is Cc1cc(F)ccc1C=NC(C)(C)C. The third kappa shape index (κ3) is 3.29. The second-order valence-electron chi connectivity index (χ2n) is 4.43. The van der Waals surface area contributed by atoms with Crippen LogP contribution in [0.15, 0.2) is 23.2 Å². The first-order valence-corrected chi connectivity index (χ1v) is 4.70. The molecule has 0 aliphatic rings. The molecule has 0 heterocycles. The average molecular weight is 193 g/mol. The molecule has 0 fully saturated rings. The number of benzene rings is 1. The Balaban J connectivity index is 2.93. The molecule has 0 radical (unpaired) electrons. The van der Waals surface area contributed by atoms with Crippen molar-refractivity contribution >= 4 is 6.21 Å². The molecule has 0 saturated heterocycles. The van der Waals surface area contributed by atoms with Gasteiger partial charge in [0, 0.05) is 6.21 Å². The summed E-state index contributed by atoms with van der Waals surface area (Å²) in [6.07, 6.45) is 1.80. The van der Waals surface area contributed by atoms with E-state index in [1.54, 1.807) is 12.3 Å². The lowest BCUT2D eigenvalue weighted by atomic mass is 10.1. The van der Waals surface area contributed by atoms with Gasteiger partial charge in [0.2, 0.25) is 0 Å². The zero-order valence-electron chi connectivity index (χ0n) is 9.13. The Hall–Kier alpha value is -1.18. The van der Waals surface area contributed by atoms with E-state index in [4.69, 9.17) is 0 Å². The molecule has 2 heteroatoms. The number of halogens is 1. The van der Waals surface area contributed by atoms with Gasteiger partial charge in [0.05, 0.1) is 5.54 Å². The summed E-state index contributed by atoms with van der Waals surface area (Å²) in [5.74, 6) is -0.199. The van der Waals surface area contributed by atoms with Gasteiger partial charge in [-0.2, -0.15) is 0 Å². The van der Waals surface area contributed by atoms with Crippen LogP contribution in [0, 0.1) is 12.7 Å². The van der Waals surface area contributed by atoms with Crippen LogP contribution in [-0.4, -0.2) is 11.8 Å². The van der Waals surface area contributed by atoms with Crippen LogP contribution in [0.1, 0.15) is 31.9 Å². The van der Waals surface area contributed by atoms with Crippen molar-refractivity contribution in [1.82, 2.24) is 0 Å². The van der Waals surface area contributed by atoms with Gasteiger partial charge in [-0.1, -0.05) is 6.07 Å². The fourth-order valence-electron chi connectivity index (χ4n) is 1.05. The second kappa shape index (κ2) is 3.91. The third-order valence-corrected chi connectivity index (χ3v) is 1.82. The summed E-state index contributed by atoms with van der Waals surface area (Å²) in [6.45, 7) is 7.97. The number of hydrogen-bond donors (Lipinski definition) is 0. The number of rotatable bonds is 1. The van der Waals surface area contributed by atoms with E-state index in [-0.39, 0.29) is 11.4 Å². The molecule has 0 saturated carbocycles. The molecule has 0 aromatic heterocycles. The Kier molecular flexibility index (Phi) is 3.04. The molecule has 0 amide bonds. The van der Waals surface area contributed by atoms with Crippen LogP contribution in [0.3, 0.4) is 0 Å². The van der Waals surface area contributed by atoms with Gasteiger partial charge in [0.25, 0.3) is 0 Å². The first-order valence-electron chi connectivity index (χ1n) is 4.70. The van der Waals surface area contributed by atoms with Crippen molar-refractivity contribution < 1.29 is 4.39 Å². The minimum absolute atomic E-state index is 0.0825. The average Bonchev–Trinajstić information content (AvgIpc) is 2.00. The summed E-state index contributed by atoms with van der Waals surface area (Å²) in [7, 11) is 0. The summed E-state index contributed by atoms with van der Waals surface area (Å²) in [4.78, 5) is 4.37. The molecule has 0 unspecified atom stereocenters. The lowest BCUT2D eigenvalue weighted by molar-refractivity contribution is 0.586. The summed E-state index contributed by atoms with van der Waals surface area (Å²) in [5.41, 5.74) is 1.81. The maximum atomic E-state index is 12.8. The fraction of sp³-hybridized carbons (Fsp3) is 0.417. The zero-order chi connectivity index (χ0) is 10.8. The summed E-state index contributed by atoms with van der Waals surface area (Å²) < 4.78 is 12.8. The number of aliphatic imine (C=N–C) groups is 1. The molecule has 1 aromatic rings. The van der Waals surface area contributed by atoms with Crippen molar-refractivity contribution in [3.8, 4) is 0 Å². The molecule has 1 aromatic carbocycles. The van der Waals surface area contributed by atoms with Crippen LogP contribution in [0.5, 0.6) is 0 Å². The number of hydrogen-bond acceptors (Lipinski definition) is 1. The molecular formula is C12H16FN. The van der Waals surface area contributed by atoms with Crippen LogP contribution < -0.4 is 0 Å². The highest BCUT2D eigenvalue weighted by Crippen LogP contribution is 2.10. The highest BCUT2D eigenvalue weighted by atomic mass is 19.1. The molecule has 0 N–H and O–H groups in total. The van der Waals surface area contributed by atoms with Crippen LogP contribution in [0.4, 0.5) is 4.39 Å². The van der Waals surface area contributed by atoms with Crippen molar-refractivity contribution in [2.75, 3.05) is 0 Å². The van der Waals surface area contributed by atoms with Crippen molar-refractivity contribution in [3.05, 3.63) is 35.1 Å². The molecule has 0 atom stereocenters.